The minimum Gasteiger partial charge on any atom is -0.478 e. The average Bonchev–Trinajstić information content (AvgIpc) is 2.60. The molecule has 3 rings (SSSR count). The molecule has 0 aliphatic carbocycles. The van der Waals surface area contributed by atoms with Crippen molar-refractivity contribution in [2.75, 3.05) is 0 Å². The van der Waals surface area contributed by atoms with E-state index in [0.29, 0.717) is 22.3 Å². The van der Waals surface area contributed by atoms with Gasteiger partial charge in [0.1, 0.15) is 0 Å². The first kappa shape index (κ1) is 17.9. The summed E-state index contributed by atoms with van der Waals surface area (Å²) in [5, 5.41) is 10.2. The van der Waals surface area contributed by atoms with Crippen LogP contribution in [0.25, 0.3) is 22.2 Å². The van der Waals surface area contributed by atoms with Gasteiger partial charge in [-0.2, -0.15) is 4.99 Å². The molecular weight excluding hydrogens is 344 g/mol. The summed E-state index contributed by atoms with van der Waals surface area (Å²) in [6.07, 6.45) is 0. The van der Waals surface area contributed by atoms with Crippen LogP contribution in [0.2, 0.25) is 0 Å². The van der Waals surface area contributed by atoms with Crippen LogP contribution < -0.4 is 17.2 Å². The van der Waals surface area contributed by atoms with Crippen LogP contribution >= 0.6 is 0 Å². The van der Waals surface area contributed by atoms with E-state index in [4.69, 9.17) is 17.2 Å². The summed E-state index contributed by atoms with van der Waals surface area (Å²) in [5.74, 6) is -1.24. The Labute approximate surface area is 155 Å². The van der Waals surface area contributed by atoms with E-state index in [-0.39, 0.29) is 17.5 Å². The van der Waals surface area contributed by atoms with E-state index in [1.165, 1.54) is 0 Å². The molecule has 3 aromatic rings. The number of benzene rings is 2. The number of guanidine groups is 2. The van der Waals surface area contributed by atoms with Crippen LogP contribution in [0.5, 0.6) is 0 Å². The van der Waals surface area contributed by atoms with Crippen molar-refractivity contribution in [3.63, 3.8) is 0 Å². The van der Waals surface area contributed by atoms with Gasteiger partial charge in [-0.05, 0) is 37.3 Å². The topological polar surface area (TPSA) is 153 Å². The Kier molecular flexibility index (Phi) is 4.71. The van der Waals surface area contributed by atoms with Gasteiger partial charge in [0.15, 0.2) is 5.96 Å². The zero-order chi connectivity index (χ0) is 19.6. The van der Waals surface area contributed by atoms with Gasteiger partial charge >= 0.3 is 5.97 Å². The van der Waals surface area contributed by atoms with E-state index < -0.39 is 5.97 Å². The Morgan fingerprint density at radius 1 is 1.04 bits per heavy atom. The minimum absolute atomic E-state index is 0.0601. The Balaban J connectivity index is 2.04. The largest absolute Gasteiger partial charge is 0.478 e. The molecule has 0 amide bonds. The monoisotopic (exact) mass is 362 g/mol. The van der Waals surface area contributed by atoms with Gasteiger partial charge in [0.2, 0.25) is 5.96 Å². The number of aliphatic imine (C=N–C) groups is 2. The number of rotatable bonds is 3. The van der Waals surface area contributed by atoms with Gasteiger partial charge in [0.05, 0.1) is 22.5 Å². The molecule has 0 fully saturated rings. The number of aromatic carboxylic acids is 1. The predicted molar refractivity (Wildman–Crippen MR) is 106 cm³/mol. The third-order valence-corrected chi connectivity index (χ3v) is 3.84. The molecule has 8 nitrogen and oxygen atoms in total. The number of carboxylic acids is 1. The van der Waals surface area contributed by atoms with Crippen molar-refractivity contribution in [1.82, 2.24) is 4.98 Å². The number of nitrogens with two attached hydrogens (primary N) is 3. The first-order chi connectivity index (χ1) is 12.8. The van der Waals surface area contributed by atoms with Crippen molar-refractivity contribution in [2.45, 2.75) is 6.92 Å². The highest BCUT2D eigenvalue weighted by molar-refractivity contribution is 6.04. The molecule has 0 spiro atoms. The molecule has 1 aromatic heterocycles. The van der Waals surface area contributed by atoms with Gasteiger partial charge in [-0.1, -0.05) is 23.8 Å². The zero-order valence-electron chi connectivity index (χ0n) is 14.5. The third kappa shape index (κ3) is 4.01. The average molecular weight is 362 g/mol. The molecule has 0 unspecified atom stereocenters. The van der Waals surface area contributed by atoms with Crippen molar-refractivity contribution in [2.24, 2.45) is 27.2 Å². The SMILES string of the molecule is Cc1ccc2nc(-c3ccc(N=C(N)N=C(N)N)cc3)cc(C(=O)O)c2c1. The summed E-state index contributed by atoms with van der Waals surface area (Å²) >= 11 is 0. The van der Waals surface area contributed by atoms with Crippen LogP contribution in [0.3, 0.4) is 0 Å². The van der Waals surface area contributed by atoms with Gasteiger partial charge < -0.3 is 22.3 Å². The predicted octanol–water partition coefficient (Wildman–Crippen LogP) is 2.13. The van der Waals surface area contributed by atoms with Crippen molar-refractivity contribution in [3.05, 3.63) is 59.7 Å². The summed E-state index contributed by atoms with van der Waals surface area (Å²) in [5.41, 5.74) is 19.8. The van der Waals surface area contributed by atoms with Crippen LogP contribution in [-0.4, -0.2) is 28.0 Å². The van der Waals surface area contributed by atoms with E-state index in [2.05, 4.69) is 15.0 Å². The maximum atomic E-state index is 11.7. The van der Waals surface area contributed by atoms with Gasteiger partial charge in [0.25, 0.3) is 0 Å². The number of nitrogens with zero attached hydrogens (tertiary/aromatic N) is 3. The lowest BCUT2D eigenvalue weighted by Crippen LogP contribution is -2.26. The molecule has 0 atom stereocenters. The maximum Gasteiger partial charge on any atom is 0.336 e. The van der Waals surface area contributed by atoms with Crippen molar-refractivity contribution in [3.8, 4) is 11.3 Å². The van der Waals surface area contributed by atoms with Crippen LogP contribution in [0.4, 0.5) is 5.69 Å². The lowest BCUT2D eigenvalue weighted by molar-refractivity contribution is 0.0699. The number of carboxylic acid groups (broad SMARTS) is 1. The highest BCUT2D eigenvalue weighted by Crippen LogP contribution is 2.27. The quantitative estimate of drug-likeness (QED) is 0.413. The standard InChI is InChI=1S/C19H18N6O2/c1-10-2-7-15-13(8-10)14(17(26)27)9-16(24-15)11-3-5-12(6-4-11)23-19(22)25-18(20)21/h2-9H,1H3,(H,26,27)(H6,20,21,22,23,25). The molecule has 7 N–H and O–H groups in total. The minimum atomic E-state index is -1.000. The highest BCUT2D eigenvalue weighted by Gasteiger charge is 2.13. The Morgan fingerprint density at radius 3 is 2.37 bits per heavy atom. The van der Waals surface area contributed by atoms with Crippen LogP contribution in [0.1, 0.15) is 15.9 Å². The molecule has 0 radical (unpaired) electrons. The normalized spacial score (nSPS) is 11.4. The van der Waals surface area contributed by atoms with Crippen LogP contribution in [0.15, 0.2) is 58.5 Å². The van der Waals surface area contributed by atoms with Gasteiger partial charge in [-0.25, -0.2) is 14.8 Å². The Bertz CT molecular complexity index is 1080. The fourth-order valence-corrected chi connectivity index (χ4v) is 2.66. The Morgan fingerprint density at radius 2 is 1.74 bits per heavy atom. The molecule has 1 heterocycles. The molecule has 0 aliphatic rings. The van der Waals surface area contributed by atoms with E-state index in [1.54, 1.807) is 30.3 Å². The fraction of sp³-hybridized carbons (Fsp3) is 0.0526. The second kappa shape index (κ2) is 7.12. The lowest BCUT2D eigenvalue weighted by atomic mass is 10.0. The Hall–Kier alpha value is -3.94. The smallest absolute Gasteiger partial charge is 0.336 e. The number of carbonyl (C=O) groups is 1. The molecule has 0 saturated carbocycles. The maximum absolute atomic E-state index is 11.7. The summed E-state index contributed by atoms with van der Waals surface area (Å²) in [6.45, 7) is 1.91. The molecular formula is C19H18N6O2. The number of pyridine rings is 1. The number of fused-ring (bicyclic) bond motifs is 1. The number of hydrogen-bond donors (Lipinski definition) is 4. The first-order valence-corrected chi connectivity index (χ1v) is 8.02. The van der Waals surface area contributed by atoms with Gasteiger partial charge in [-0.15, -0.1) is 0 Å². The summed E-state index contributed by atoms with van der Waals surface area (Å²) < 4.78 is 0. The van der Waals surface area contributed by atoms with E-state index in [0.717, 1.165) is 11.1 Å². The lowest BCUT2D eigenvalue weighted by Gasteiger charge is -2.08. The van der Waals surface area contributed by atoms with E-state index >= 15 is 0 Å². The fourth-order valence-electron chi connectivity index (χ4n) is 2.66. The van der Waals surface area contributed by atoms with E-state index in [1.807, 2.05) is 25.1 Å². The third-order valence-electron chi connectivity index (χ3n) is 3.84. The molecule has 0 saturated heterocycles. The highest BCUT2D eigenvalue weighted by atomic mass is 16.4. The molecule has 8 heteroatoms. The van der Waals surface area contributed by atoms with Crippen molar-refractivity contribution >= 4 is 34.5 Å². The molecule has 136 valence electrons. The summed E-state index contributed by atoms with van der Waals surface area (Å²) in [4.78, 5) is 24.0. The van der Waals surface area contributed by atoms with Gasteiger partial charge in [-0.3, -0.25) is 0 Å². The molecule has 2 aromatic carbocycles. The number of aryl methyl sites for hydroxylation is 1. The van der Waals surface area contributed by atoms with Crippen molar-refractivity contribution in [1.29, 1.82) is 0 Å². The van der Waals surface area contributed by atoms with Crippen molar-refractivity contribution < 1.29 is 9.90 Å². The molecule has 0 bridgehead atoms. The second-order valence-corrected chi connectivity index (χ2v) is 5.93. The second-order valence-electron chi connectivity index (χ2n) is 5.93. The van der Waals surface area contributed by atoms with Crippen LogP contribution in [-0.2, 0) is 0 Å². The molecule has 27 heavy (non-hydrogen) atoms. The summed E-state index contributed by atoms with van der Waals surface area (Å²) in [6, 6.07) is 14.1. The molecule has 0 aliphatic heterocycles. The van der Waals surface area contributed by atoms with E-state index in [9.17, 15) is 9.90 Å². The number of hydrogen-bond acceptors (Lipinski definition) is 3. The van der Waals surface area contributed by atoms with Crippen LogP contribution in [0, 0.1) is 6.92 Å². The zero-order valence-corrected chi connectivity index (χ0v) is 14.5. The van der Waals surface area contributed by atoms with Gasteiger partial charge in [0, 0.05) is 10.9 Å². The first-order valence-electron chi connectivity index (χ1n) is 8.02. The number of aromatic nitrogens is 1. The summed E-state index contributed by atoms with van der Waals surface area (Å²) in [7, 11) is 0.